The van der Waals surface area contributed by atoms with E-state index in [0.717, 1.165) is 0 Å². The molecule has 0 aliphatic carbocycles. The summed E-state index contributed by atoms with van der Waals surface area (Å²) in [6, 6.07) is 9.34. The molecule has 0 bridgehead atoms. The molecule has 0 radical (unpaired) electrons. The molecular formula is C15H16N2O4. The summed E-state index contributed by atoms with van der Waals surface area (Å²) in [5, 5.41) is 12.4. The monoisotopic (exact) mass is 288 g/mol. The number of nitrogens with two attached hydrogens (primary N) is 1. The maximum Gasteiger partial charge on any atom is 0.255 e. The SMILES string of the molecule is COc1ccc(N)c(NC(=O)c2ccc(OC)c(O)c2)c1. The number of hydrogen-bond acceptors (Lipinski definition) is 5. The number of phenols is 1. The molecule has 1 amide bonds. The number of ether oxygens (including phenoxy) is 2. The Morgan fingerprint density at radius 2 is 1.90 bits per heavy atom. The highest BCUT2D eigenvalue weighted by Crippen LogP contribution is 2.28. The van der Waals surface area contributed by atoms with Gasteiger partial charge in [-0.05, 0) is 30.3 Å². The van der Waals surface area contributed by atoms with Crippen molar-refractivity contribution in [1.82, 2.24) is 0 Å². The Morgan fingerprint density at radius 1 is 1.14 bits per heavy atom. The van der Waals surface area contributed by atoms with Gasteiger partial charge in [-0.1, -0.05) is 0 Å². The van der Waals surface area contributed by atoms with Gasteiger partial charge in [0.05, 0.1) is 25.6 Å². The molecule has 0 aliphatic rings. The van der Waals surface area contributed by atoms with E-state index in [-0.39, 0.29) is 11.3 Å². The van der Waals surface area contributed by atoms with Crippen molar-refractivity contribution in [2.75, 3.05) is 25.3 Å². The minimum absolute atomic E-state index is 0.108. The minimum atomic E-state index is -0.395. The van der Waals surface area contributed by atoms with Crippen LogP contribution in [0.1, 0.15) is 10.4 Å². The number of aromatic hydroxyl groups is 1. The van der Waals surface area contributed by atoms with Gasteiger partial charge in [0, 0.05) is 11.6 Å². The molecule has 110 valence electrons. The van der Waals surface area contributed by atoms with Gasteiger partial charge >= 0.3 is 0 Å². The average molecular weight is 288 g/mol. The molecule has 6 heteroatoms. The van der Waals surface area contributed by atoms with E-state index in [1.807, 2.05) is 0 Å². The van der Waals surface area contributed by atoms with Crippen LogP contribution in [0.25, 0.3) is 0 Å². The van der Waals surface area contributed by atoms with Gasteiger partial charge in [0.25, 0.3) is 5.91 Å². The van der Waals surface area contributed by atoms with Gasteiger partial charge in [-0.3, -0.25) is 4.79 Å². The molecule has 0 heterocycles. The second kappa shape index (κ2) is 6.04. The van der Waals surface area contributed by atoms with Gasteiger partial charge in [-0.25, -0.2) is 0 Å². The summed E-state index contributed by atoms with van der Waals surface area (Å²) in [6.45, 7) is 0. The largest absolute Gasteiger partial charge is 0.504 e. The molecule has 0 unspecified atom stereocenters. The van der Waals surface area contributed by atoms with Crippen LogP contribution in [-0.2, 0) is 0 Å². The van der Waals surface area contributed by atoms with Crippen molar-refractivity contribution in [2.24, 2.45) is 0 Å². The number of amides is 1. The number of phenolic OH excluding ortho intramolecular Hbond substituents is 1. The topological polar surface area (TPSA) is 93.8 Å². The number of nitrogen functional groups attached to an aromatic ring is 1. The molecule has 6 nitrogen and oxygen atoms in total. The van der Waals surface area contributed by atoms with Crippen LogP contribution >= 0.6 is 0 Å². The van der Waals surface area contributed by atoms with Crippen LogP contribution in [0.5, 0.6) is 17.2 Å². The van der Waals surface area contributed by atoms with Crippen molar-refractivity contribution in [1.29, 1.82) is 0 Å². The lowest BCUT2D eigenvalue weighted by Crippen LogP contribution is -2.13. The summed E-state index contributed by atoms with van der Waals surface area (Å²) in [4.78, 5) is 12.2. The van der Waals surface area contributed by atoms with Crippen molar-refractivity contribution < 1.29 is 19.4 Å². The van der Waals surface area contributed by atoms with Crippen LogP contribution in [0.3, 0.4) is 0 Å². The summed E-state index contributed by atoms with van der Waals surface area (Å²) in [5.74, 6) is 0.376. The molecule has 2 aromatic carbocycles. The molecule has 0 aliphatic heterocycles. The molecule has 0 atom stereocenters. The van der Waals surface area contributed by atoms with Crippen molar-refractivity contribution in [3.8, 4) is 17.2 Å². The third-order valence-corrected chi connectivity index (χ3v) is 2.95. The van der Waals surface area contributed by atoms with Crippen LogP contribution in [0.2, 0.25) is 0 Å². The lowest BCUT2D eigenvalue weighted by molar-refractivity contribution is 0.102. The first-order valence-electron chi connectivity index (χ1n) is 6.17. The van der Waals surface area contributed by atoms with E-state index in [1.54, 1.807) is 24.3 Å². The molecule has 4 N–H and O–H groups in total. The van der Waals surface area contributed by atoms with Gasteiger partial charge in [0.2, 0.25) is 0 Å². The van der Waals surface area contributed by atoms with Gasteiger partial charge in [-0.15, -0.1) is 0 Å². The van der Waals surface area contributed by atoms with Crippen molar-refractivity contribution in [3.05, 3.63) is 42.0 Å². The summed E-state index contributed by atoms with van der Waals surface area (Å²) < 4.78 is 10.0. The standard InChI is InChI=1S/C15H16N2O4/c1-20-10-4-5-11(16)12(8-10)17-15(19)9-3-6-14(21-2)13(18)7-9/h3-8,18H,16H2,1-2H3,(H,17,19). The number of methoxy groups -OCH3 is 2. The van der Waals surface area contributed by atoms with Crippen molar-refractivity contribution in [3.63, 3.8) is 0 Å². The van der Waals surface area contributed by atoms with E-state index in [4.69, 9.17) is 15.2 Å². The predicted octanol–water partition coefficient (Wildman–Crippen LogP) is 2.24. The highest BCUT2D eigenvalue weighted by molar-refractivity contribution is 6.06. The Hall–Kier alpha value is -2.89. The molecule has 0 saturated carbocycles. The lowest BCUT2D eigenvalue weighted by Gasteiger charge is -2.11. The Morgan fingerprint density at radius 3 is 2.52 bits per heavy atom. The zero-order valence-electron chi connectivity index (χ0n) is 11.7. The number of carbonyl (C=O) groups is 1. The summed E-state index contributed by atoms with van der Waals surface area (Å²) in [7, 11) is 2.96. The van der Waals surface area contributed by atoms with E-state index in [2.05, 4.69) is 5.32 Å². The van der Waals surface area contributed by atoms with Gasteiger partial charge in [0.15, 0.2) is 11.5 Å². The maximum atomic E-state index is 12.2. The van der Waals surface area contributed by atoms with Crippen LogP contribution in [0, 0.1) is 0 Å². The molecule has 0 aromatic heterocycles. The van der Waals surface area contributed by atoms with Crippen LogP contribution in [0.4, 0.5) is 11.4 Å². The molecule has 2 aromatic rings. The average Bonchev–Trinajstić information content (AvgIpc) is 2.49. The van der Waals surface area contributed by atoms with Crippen LogP contribution in [-0.4, -0.2) is 25.2 Å². The second-order valence-electron chi connectivity index (χ2n) is 4.29. The quantitative estimate of drug-likeness (QED) is 0.750. The molecule has 0 saturated heterocycles. The number of nitrogens with one attached hydrogen (secondary N) is 1. The first kappa shape index (κ1) is 14.5. The smallest absolute Gasteiger partial charge is 0.255 e. The van der Waals surface area contributed by atoms with E-state index < -0.39 is 5.91 Å². The van der Waals surface area contributed by atoms with Crippen LogP contribution < -0.4 is 20.5 Å². The second-order valence-corrected chi connectivity index (χ2v) is 4.29. The van der Waals surface area contributed by atoms with Crippen LogP contribution in [0.15, 0.2) is 36.4 Å². The summed E-state index contributed by atoms with van der Waals surface area (Å²) in [6.07, 6.45) is 0. The van der Waals surface area contributed by atoms with Gasteiger partial charge < -0.3 is 25.6 Å². The van der Waals surface area contributed by atoms with Gasteiger partial charge in [-0.2, -0.15) is 0 Å². The first-order valence-corrected chi connectivity index (χ1v) is 6.17. The number of carbonyl (C=O) groups excluding carboxylic acids is 1. The number of hydrogen-bond donors (Lipinski definition) is 3. The van der Waals surface area contributed by atoms with E-state index in [9.17, 15) is 9.90 Å². The predicted molar refractivity (Wildman–Crippen MR) is 80.0 cm³/mol. The fourth-order valence-electron chi connectivity index (χ4n) is 1.80. The Balaban J connectivity index is 2.23. The first-order chi connectivity index (χ1) is 10.0. The van der Waals surface area contributed by atoms with E-state index in [1.165, 1.54) is 26.4 Å². The molecule has 21 heavy (non-hydrogen) atoms. The molecule has 2 rings (SSSR count). The zero-order valence-corrected chi connectivity index (χ0v) is 11.7. The Labute approximate surface area is 122 Å². The number of anilines is 2. The van der Waals surface area contributed by atoms with E-state index >= 15 is 0 Å². The molecular weight excluding hydrogens is 272 g/mol. The third kappa shape index (κ3) is 3.17. The maximum absolute atomic E-state index is 12.2. The van der Waals surface area contributed by atoms with Crippen molar-refractivity contribution in [2.45, 2.75) is 0 Å². The summed E-state index contributed by atoms with van der Waals surface area (Å²) >= 11 is 0. The Bertz CT molecular complexity index is 671. The fraction of sp³-hybridized carbons (Fsp3) is 0.133. The van der Waals surface area contributed by atoms with E-state index in [0.29, 0.717) is 22.9 Å². The van der Waals surface area contributed by atoms with Crippen molar-refractivity contribution >= 4 is 17.3 Å². The zero-order chi connectivity index (χ0) is 15.4. The number of benzene rings is 2. The highest BCUT2D eigenvalue weighted by atomic mass is 16.5. The number of rotatable bonds is 4. The molecule has 0 fully saturated rings. The fourth-order valence-corrected chi connectivity index (χ4v) is 1.80. The summed E-state index contributed by atoms with van der Waals surface area (Å²) in [5.41, 5.74) is 6.95. The third-order valence-electron chi connectivity index (χ3n) is 2.95. The highest BCUT2D eigenvalue weighted by Gasteiger charge is 2.11. The normalized spacial score (nSPS) is 10.0. The Kier molecular flexibility index (Phi) is 4.18. The lowest BCUT2D eigenvalue weighted by atomic mass is 10.1. The minimum Gasteiger partial charge on any atom is -0.504 e. The van der Waals surface area contributed by atoms with Gasteiger partial charge in [0.1, 0.15) is 5.75 Å². The molecule has 0 spiro atoms.